The van der Waals surface area contributed by atoms with Gasteiger partial charge >= 0.3 is 33.3 Å². The summed E-state index contributed by atoms with van der Waals surface area (Å²) in [6.07, 6.45) is 27.8. The Hall–Kier alpha value is -3.09. The smallest absolute Gasteiger partial charge is 0.462 e. The minimum Gasteiger partial charge on any atom is -0.462 e. The topological polar surface area (TPSA) is 283 Å². The standard InChI is InChI=1S/C51H89N3O16P2/c1-4-6-7-8-17-22-27-32-42(55)33-28-23-20-25-29-34-46(56)65-38-43(68-47(57)35-30-24-19-16-14-12-10-9-11-13-15-18-21-26-31-41(3)5-2)39-66-71(61,62)70-72(63,64)67-40-44-48(58)49(59)50(69-44)54-37-36-45(52)53-51(54)60/h17,22,27,32,36-37,41,43-44,48-50,58-59H,4-16,18-21,23-26,28-31,33-35,38-40H2,1-3H3,(H,61,62)(H,63,64)(H2,52,53,60)/b22-17-,32-27+/t41?,43-,44-,48-,49-,50-/m1/s1. The first-order valence-electron chi connectivity index (χ1n) is 26.7. The van der Waals surface area contributed by atoms with E-state index in [2.05, 4.69) is 36.1 Å². The Morgan fingerprint density at radius 2 is 1.31 bits per heavy atom. The van der Waals surface area contributed by atoms with E-state index in [9.17, 15) is 48.3 Å². The van der Waals surface area contributed by atoms with Gasteiger partial charge in [-0.05, 0) is 50.2 Å². The van der Waals surface area contributed by atoms with E-state index in [4.69, 9.17) is 29.0 Å². The number of carbonyl (C=O) groups is 3. The van der Waals surface area contributed by atoms with Gasteiger partial charge in [-0.3, -0.25) is 28.0 Å². The maximum Gasteiger partial charge on any atom is 0.481 e. The van der Waals surface area contributed by atoms with Crippen LogP contribution in [0, 0.1) is 5.92 Å². The first-order valence-corrected chi connectivity index (χ1v) is 29.7. The first kappa shape index (κ1) is 65.0. The van der Waals surface area contributed by atoms with Crippen molar-refractivity contribution < 1.29 is 71.1 Å². The molecule has 72 heavy (non-hydrogen) atoms. The molecule has 1 aromatic rings. The number of hydrogen-bond acceptors (Lipinski definition) is 16. The molecule has 3 unspecified atom stereocenters. The predicted octanol–water partition coefficient (Wildman–Crippen LogP) is 10.4. The fourth-order valence-corrected chi connectivity index (χ4v) is 10.1. The minimum absolute atomic E-state index is 0.0290. The van der Waals surface area contributed by atoms with Gasteiger partial charge in [0.15, 0.2) is 18.1 Å². The number of hydrogen-bond donors (Lipinski definition) is 5. The zero-order valence-corrected chi connectivity index (χ0v) is 45.2. The molecule has 6 N–H and O–H groups in total. The zero-order valence-electron chi connectivity index (χ0n) is 43.4. The number of allylic oxidation sites excluding steroid dienone is 4. The lowest BCUT2D eigenvalue weighted by molar-refractivity contribution is -0.161. The van der Waals surface area contributed by atoms with Crippen LogP contribution in [0.2, 0.25) is 0 Å². The highest BCUT2D eigenvalue weighted by Crippen LogP contribution is 2.60. The fourth-order valence-electron chi connectivity index (χ4n) is 7.98. The van der Waals surface area contributed by atoms with Crippen molar-refractivity contribution in [2.75, 3.05) is 25.6 Å². The normalized spacial score (nSPS) is 19.6. The Labute approximate surface area is 428 Å². The summed E-state index contributed by atoms with van der Waals surface area (Å²) in [6.45, 7) is 4.36. The van der Waals surface area contributed by atoms with E-state index >= 15 is 0 Å². The summed E-state index contributed by atoms with van der Waals surface area (Å²) in [5, 5.41) is 20.9. The van der Waals surface area contributed by atoms with Gasteiger partial charge in [0, 0.05) is 25.5 Å². The maximum atomic E-state index is 12.9. The molecule has 2 rings (SSSR count). The number of aliphatic hydroxyl groups excluding tert-OH is 2. The Balaban J connectivity index is 1.80. The number of nitrogens with zero attached hydrogens (tertiary/aromatic N) is 2. The van der Waals surface area contributed by atoms with Gasteiger partial charge in [0.1, 0.15) is 30.7 Å². The molecule has 414 valence electrons. The molecule has 8 atom stereocenters. The Morgan fingerprint density at radius 3 is 1.89 bits per heavy atom. The second-order valence-electron chi connectivity index (χ2n) is 19.0. The molecule has 0 amide bonds. The average molecular weight is 1060 g/mol. The number of ether oxygens (including phenoxy) is 3. The molecule has 0 radical (unpaired) electrons. The quantitative estimate of drug-likeness (QED) is 0.0133. The Morgan fingerprint density at radius 1 is 0.750 bits per heavy atom. The number of ketones is 1. The van der Waals surface area contributed by atoms with Crippen LogP contribution in [0.25, 0.3) is 0 Å². The molecule has 1 fully saturated rings. The minimum atomic E-state index is -5.44. The van der Waals surface area contributed by atoms with Gasteiger partial charge < -0.3 is 39.9 Å². The number of carbonyl (C=O) groups excluding carboxylic acids is 3. The van der Waals surface area contributed by atoms with Crippen molar-refractivity contribution >= 4 is 39.2 Å². The third kappa shape index (κ3) is 30.9. The Kier molecular flexibility index (Phi) is 34.7. The zero-order chi connectivity index (χ0) is 53.0. The monoisotopic (exact) mass is 1060 g/mol. The van der Waals surface area contributed by atoms with Crippen LogP contribution in [0.5, 0.6) is 0 Å². The lowest BCUT2D eigenvalue weighted by Gasteiger charge is -2.21. The average Bonchev–Trinajstić information content (AvgIpc) is 3.61. The molecule has 0 spiro atoms. The van der Waals surface area contributed by atoms with E-state index in [0.29, 0.717) is 25.7 Å². The second-order valence-corrected chi connectivity index (χ2v) is 22.1. The molecular weight excluding hydrogens is 973 g/mol. The van der Waals surface area contributed by atoms with E-state index in [1.807, 2.05) is 6.08 Å². The molecule has 0 aliphatic carbocycles. The molecule has 1 saturated heterocycles. The van der Waals surface area contributed by atoms with Crippen molar-refractivity contribution in [3.05, 3.63) is 47.1 Å². The van der Waals surface area contributed by atoms with Gasteiger partial charge in [0.25, 0.3) is 0 Å². The predicted molar refractivity (Wildman–Crippen MR) is 275 cm³/mol. The molecule has 1 aliphatic heterocycles. The van der Waals surface area contributed by atoms with Gasteiger partial charge in [0.2, 0.25) is 0 Å². The van der Waals surface area contributed by atoms with Crippen LogP contribution in [-0.4, -0.2) is 91.5 Å². The molecule has 21 heteroatoms. The van der Waals surface area contributed by atoms with Gasteiger partial charge in [0.05, 0.1) is 13.2 Å². The summed E-state index contributed by atoms with van der Waals surface area (Å²) >= 11 is 0. The summed E-state index contributed by atoms with van der Waals surface area (Å²) < 4.78 is 56.8. The number of nitrogens with two attached hydrogens (primary N) is 1. The number of rotatable bonds is 44. The number of anilines is 1. The highest BCUT2D eigenvalue weighted by molar-refractivity contribution is 7.61. The number of aromatic nitrogens is 2. The summed E-state index contributed by atoms with van der Waals surface area (Å²) in [4.78, 5) is 74.1. The van der Waals surface area contributed by atoms with Crippen LogP contribution in [0.3, 0.4) is 0 Å². The summed E-state index contributed by atoms with van der Waals surface area (Å²) in [5.41, 5.74) is 4.58. The summed E-state index contributed by atoms with van der Waals surface area (Å²) in [7, 11) is -10.9. The van der Waals surface area contributed by atoms with E-state index < -0.39 is 83.7 Å². The number of phosphoric acid groups is 2. The molecule has 0 aromatic carbocycles. The second kappa shape index (κ2) is 38.5. The van der Waals surface area contributed by atoms with Crippen molar-refractivity contribution in [3.8, 4) is 0 Å². The maximum absolute atomic E-state index is 12.9. The van der Waals surface area contributed by atoms with Crippen molar-refractivity contribution in [1.29, 1.82) is 0 Å². The van der Waals surface area contributed by atoms with Gasteiger partial charge in [-0.1, -0.05) is 167 Å². The van der Waals surface area contributed by atoms with Crippen LogP contribution in [0.1, 0.15) is 207 Å². The molecule has 0 saturated carbocycles. The third-order valence-electron chi connectivity index (χ3n) is 12.6. The van der Waals surface area contributed by atoms with E-state index in [-0.39, 0.29) is 24.4 Å². The van der Waals surface area contributed by atoms with Crippen molar-refractivity contribution in [3.63, 3.8) is 0 Å². The largest absolute Gasteiger partial charge is 0.481 e. The van der Waals surface area contributed by atoms with E-state index in [0.717, 1.165) is 74.5 Å². The first-order chi connectivity index (χ1) is 34.5. The van der Waals surface area contributed by atoms with Crippen LogP contribution < -0.4 is 11.4 Å². The van der Waals surface area contributed by atoms with Gasteiger partial charge in [-0.25, -0.2) is 13.9 Å². The number of esters is 2. The summed E-state index contributed by atoms with van der Waals surface area (Å²) in [6, 6.07) is 1.24. The number of unbranched alkanes of at least 4 members (excludes halogenated alkanes) is 20. The highest BCUT2D eigenvalue weighted by atomic mass is 31.3. The molecule has 1 aliphatic rings. The van der Waals surface area contributed by atoms with Crippen molar-refractivity contribution in [2.24, 2.45) is 5.92 Å². The molecular formula is C51H89N3O16P2. The summed E-state index contributed by atoms with van der Waals surface area (Å²) in [5.74, 6) is -0.484. The van der Waals surface area contributed by atoms with Crippen LogP contribution in [0.15, 0.2) is 41.4 Å². The highest BCUT2D eigenvalue weighted by Gasteiger charge is 2.46. The number of aliphatic hydroxyl groups is 2. The van der Waals surface area contributed by atoms with Crippen LogP contribution in [0.4, 0.5) is 5.82 Å². The third-order valence-corrected chi connectivity index (χ3v) is 15.2. The number of nitrogen functional groups attached to an aromatic ring is 1. The molecule has 2 heterocycles. The van der Waals surface area contributed by atoms with E-state index in [1.54, 1.807) is 12.2 Å². The van der Waals surface area contributed by atoms with E-state index in [1.165, 1.54) is 89.5 Å². The van der Waals surface area contributed by atoms with Crippen LogP contribution >= 0.6 is 15.6 Å². The van der Waals surface area contributed by atoms with Gasteiger partial charge in [-0.2, -0.15) is 9.29 Å². The molecule has 1 aromatic heterocycles. The van der Waals surface area contributed by atoms with Crippen molar-refractivity contribution in [1.82, 2.24) is 9.55 Å². The lowest BCUT2D eigenvalue weighted by Crippen LogP contribution is -2.36. The van der Waals surface area contributed by atoms with Crippen molar-refractivity contribution in [2.45, 2.75) is 231 Å². The SMILES string of the molecule is CCCCC/C=C\C=C\C(=O)CCCCCCCC(=O)OC[C@H](COP(=O)(O)OP(=O)(O)OC[C@H]1O[C@@H](n2ccc(N)nc2=O)[C@H](O)[C@@H]1O)OC(=O)CCCCCCCCCCCCCCCCC(C)CC. The molecule has 0 bridgehead atoms. The van der Waals surface area contributed by atoms with Gasteiger partial charge in [-0.15, -0.1) is 0 Å². The molecule has 19 nitrogen and oxygen atoms in total. The van der Waals surface area contributed by atoms with Crippen LogP contribution in [-0.2, 0) is 51.1 Å². The number of phosphoric ester groups is 2. The lowest BCUT2D eigenvalue weighted by atomic mass is 9.99. The Bertz CT molecular complexity index is 1880. The fraction of sp³-hybridized carbons (Fsp3) is 0.784.